The van der Waals surface area contributed by atoms with Crippen LogP contribution in [0.5, 0.6) is 0 Å². The van der Waals surface area contributed by atoms with Gasteiger partial charge < -0.3 is 9.80 Å². The second-order valence-corrected chi connectivity index (χ2v) is 8.43. The minimum atomic E-state index is -0.157. The minimum absolute atomic E-state index is 0.145. The third-order valence-corrected chi connectivity index (χ3v) is 6.80. The van der Waals surface area contributed by atoms with E-state index in [1.165, 1.54) is 22.5 Å². The largest absolute Gasteiger partial charge is 0.334 e. The van der Waals surface area contributed by atoms with E-state index in [2.05, 4.69) is 41.9 Å². The van der Waals surface area contributed by atoms with Crippen LogP contribution in [0.1, 0.15) is 16.7 Å². The van der Waals surface area contributed by atoms with E-state index in [0.29, 0.717) is 28.2 Å². The van der Waals surface area contributed by atoms with Crippen molar-refractivity contribution in [2.45, 2.75) is 20.5 Å². The Morgan fingerprint density at radius 3 is 2.62 bits per heavy atom. The molecule has 1 aromatic heterocycles. The fourth-order valence-corrected chi connectivity index (χ4v) is 4.89. The molecule has 7 heteroatoms. The summed E-state index contributed by atoms with van der Waals surface area (Å²) in [6, 6.07) is 13.8. The van der Waals surface area contributed by atoms with Gasteiger partial charge in [0, 0.05) is 18.3 Å². The summed E-state index contributed by atoms with van der Waals surface area (Å²) in [5, 5.41) is 0. The van der Waals surface area contributed by atoms with Gasteiger partial charge in [-0.15, -0.1) is 0 Å². The molecule has 0 saturated heterocycles. The monoisotopic (exact) mass is 404 g/mol. The molecule has 3 heterocycles. The van der Waals surface area contributed by atoms with Crippen LogP contribution in [-0.4, -0.2) is 24.2 Å². The van der Waals surface area contributed by atoms with E-state index in [9.17, 15) is 9.59 Å². The molecule has 2 aliphatic heterocycles. The lowest BCUT2D eigenvalue weighted by Crippen LogP contribution is -2.43. The Hall–Kier alpha value is -3.19. The average molecular weight is 404 g/mol. The van der Waals surface area contributed by atoms with Gasteiger partial charge in [-0.1, -0.05) is 35.6 Å². The fourth-order valence-electron chi connectivity index (χ4n) is 3.84. The lowest BCUT2D eigenvalue weighted by atomic mass is 10.1. The van der Waals surface area contributed by atoms with Gasteiger partial charge in [-0.3, -0.25) is 14.2 Å². The molecule has 0 bridgehead atoms. The number of fused-ring (bicyclic) bond motifs is 2. The minimum Gasteiger partial charge on any atom is -0.334 e. The maximum Gasteiger partial charge on any atom is 0.272 e. The molecule has 0 spiro atoms. The number of hydrogen-bond donors (Lipinski definition) is 0. The van der Waals surface area contributed by atoms with E-state index in [4.69, 9.17) is 0 Å². The van der Waals surface area contributed by atoms with E-state index in [0.717, 1.165) is 16.9 Å². The summed E-state index contributed by atoms with van der Waals surface area (Å²) in [7, 11) is 1.74. The van der Waals surface area contributed by atoms with Gasteiger partial charge in [-0.05, 0) is 43.2 Å². The maximum absolute atomic E-state index is 13.3. The summed E-state index contributed by atoms with van der Waals surface area (Å²) in [5.74, 6) is -0.145. The van der Waals surface area contributed by atoms with Crippen LogP contribution >= 0.6 is 11.3 Å². The van der Waals surface area contributed by atoms with Crippen molar-refractivity contribution >= 4 is 34.2 Å². The van der Waals surface area contributed by atoms with Crippen LogP contribution in [0.4, 0.5) is 11.4 Å². The predicted octanol–water partition coefficient (Wildman–Crippen LogP) is 1.76. The zero-order valence-corrected chi connectivity index (χ0v) is 17.3. The molecule has 0 saturated carbocycles. The summed E-state index contributed by atoms with van der Waals surface area (Å²) < 4.78 is 2.13. The van der Waals surface area contributed by atoms with Crippen molar-refractivity contribution < 1.29 is 4.79 Å². The number of carbonyl (C=O) groups excluding carboxylic acids is 1. The molecule has 1 amide bonds. The van der Waals surface area contributed by atoms with Crippen molar-refractivity contribution in [3.63, 3.8) is 0 Å². The summed E-state index contributed by atoms with van der Waals surface area (Å²) in [5.41, 5.74) is 5.44. The van der Waals surface area contributed by atoms with Gasteiger partial charge in [0.15, 0.2) is 4.80 Å². The van der Waals surface area contributed by atoms with Crippen molar-refractivity contribution in [3.05, 3.63) is 78.8 Å². The van der Waals surface area contributed by atoms with Gasteiger partial charge in [0.2, 0.25) is 0 Å². The highest BCUT2D eigenvalue weighted by Crippen LogP contribution is 2.33. The van der Waals surface area contributed by atoms with Crippen LogP contribution < -0.4 is 24.7 Å². The molecule has 0 atom stereocenters. The second kappa shape index (κ2) is 6.42. The number of rotatable bonds is 1. The molecule has 3 aromatic rings. The molecule has 2 aliphatic rings. The number of nitrogens with zero attached hydrogens (tertiary/aromatic N) is 4. The van der Waals surface area contributed by atoms with Crippen LogP contribution in [-0.2, 0) is 11.5 Å². The highest BCUT2D eigenvalue weighted by atomic mass is 32.1. The van der Waals surface area contributed by atoms with Gasteiger partial charge in [-0.2, -0.15) is 0 Å². The van der Waals surface area contributed by atoms with Gasteiger partial charge in [0.25, 0.3) is 11.5 Å². The molecule has 146 valence electrons. The maximum atomic E-state index is 13.3. The van der Waals surface area contributed by atoms with Crippen molar-refractivity contribution in [1.82, 2.24) is 4.57 Å². The molecule has 2 aromatic carbocycles. The van der Waals surface area contributed by atoms with Gasteiger partial charge >= 0.3 is 0 Å². The lowest BCUT2D eigenvalue weighted by Gasteiger charge is -2.26. The number of hydrogen-bond acceptors (Lipinski definition) is 5. The molecule has 29 heavy (non-hydrogen) atoms. The number of aromatic nitrogens is 1. The fraction of sp³-hybridized carbons (Fsp3) is 0.227. The zero-order chi connectivity index (χ0) is 20.3. The van der Waals surface area contributed by atoms with E-state index in [1.54, 1.807) is 16.5 Å². The number of likely N-dealkylation sites (N-methyl/N-ethyl adjacent to an activating group) is 1. The van der Waals surface area contributed by atoms with E-state index >= 15 is 0 Å². The van der Waals surface area contributed by atoms with Crippen LogP contribution in [0, 0.1) is 13.8 Å². The SMILES string of the molecule is Cc1ccc(N2CN=c3s/c(=C4\C(=O)N(C)c5ccccc54)c(=O)n3C2)cc1C. The smallest absolute Gasteiger partial charge is 0.272 e. The molecule has 0 radical (unpaired) electrons. The van der Waals surface area contributed by atoms with Crippen LogP contribution in [0.15, 0.2) is 52.3 Å². The Morgan fingerprint density at radius 1 is 1.03 bits per heavy atom. The number of thiazole rings is 1. The first-order valence-corrected chi connectivity index (χ1v) is 10.3. The quantitative estimate of drug-likeness (QED) is 0.621. The molecule has 0 aliphatic carbocycles. The summed E-state index contributed by atoms with van der Waals surface area (Å²) in [4.78, 5) is 35.1. The normalized spacial score (nSPS) is 17.3. The Balaban J connectivity index is 1.65. The molecular formula is C22H20N4O2S. The standard InChI is InChI=1S/C22H20N4O2S/c1-13-8-9-15(10-14(13)2)25-11-23-22-26(12-25)21(28)19(29-22)18-16-6-4-5-7-17(16)24(3)20(18)27/h4-10H,11-12H2,1-3H3/b19-18-. The number of aryl methyl sites for hydroxylation is 2. The van der Waals surface area contributed by atoms with Crippen molar-refractivity contribution in [1.29, 1.82) is 0 Å². The summed E-state index contributed by atoms with van der Waals surface area (Å²) in [6.45, 7) is 5.08. The second-order valence-electron chi connectivity index (χ2n) is 7.45. The summed E-state index contributed by atoms with van der Waals surface area (Å²) >= 11 is 1.30. The first-order chi connectivity index (χ1) is 14.0. The molecule has 6 nitrogen and oxygen atoms in total. The number of benzene rings is 2. The molecule has 5 rings (SSSR count). The highest BCUT2D eigenvalue weighted by Gasteiger charge is 2.32. The van der Waals surface area contributed by atoms with Crippen LogP contribution in [0.3, 0.4) is 0 Å². The first kappa shape index (κ1) is 17.9. The van der Waals surface area contributed by atoms with E-state index < -0.39 is 0 Å². The third kappa shape index (κ3) is 2.65. The predicted molar refractivity (Wildman–Crippen MR) is 115 cm³/mol. The van der Waals surface area contributed by atoms with E-state index in [1.807, 2.05) is 24.3 Å². The Kier molecular flexibility index (Phi) is 3.96. The molecule has 0 fully saturated rings. The number of amides is 1. The summed E-state index contributed by atoms with van der Waals surface area (Å²) in [6.07, 6.45) is 0. The van der Waals surface area contributed by atoms with Gasteiger partial charge in [-0.25, -0.2) is 4.99 Å². The lowest BCUT2D eigenvalue weighted by molar-refractivity contribution is -0.112. The van der Waals surface area contributed by atoms with Crippen LogP contribution in [0.25, 0.3) is 5.57 Å². The van der Waals surface area contributed by atoms with Crippen molar-refractivity contribution in [2.75, 3.05) is 23.5 Å². The van der Waals surface area contributed by atoms with Crippen molar-refractivity contribution in [2.24, 2.45) is 4.99 Å². The highest BCUT2D eigenvalue weighted by molar-refractivity contribution is 7.07. The van der Waals surface area contributed by atoms with Crippen LogP contribution in [0.2, 0.25) is 0 Å². The molecule has 0 N–H and O–H groups in total. The average Bonchev–Trinajstić information content (AvgIpc) is 3.18. The topological polar surface area (TPSA) is 57.9 Å². The Labute approximate surface area is 171 Å². The third-order valence-electron chi connectivity index (χ3n) is 5.69. The van der Waals surface area contributed by atoms with Gasteiger partial charge in [0.05, 0.1) is 11.3 Å². The van der Waals surface area contributed by atoms with E-state index in [-0.39, 0.29) is 11.5 Å². The molecule has 0 unspecified atom stereocenters. The number of para-hydroxylation sites is 1. The van der Waals surface area contributed by atoms with Crippen molar-refractivity contribution in [3.8, 4) is 0 Å². The Bertz CT molecular complexity index is 1350. The molecular weight excluding hydrogens is 384 g/mol. The number of anilines is 2. The zero-order valence-electron chi connectivity index (χ0n) is 16.5. The Morgan fingerprint density at radius 2 is 1.83 bits per heavy atom. The first-order valence-electron chi connectivity index (χ1n) is 9.44. The number of carbonyl (C=O) groups is 1. The van der Waals surface area contributed by atoms with Gasteiger partial charge in [0.1, 0.15) is 17.9 Å².